The molecule has 0 aromatic rings. The van der Waals surface area contributed by atoms with Gasteiger partial charge in [-0.25, -0.2) is 0 Å². The van der Waals surface area contributed by atoms with Crippen molar-refractivity contribution in [3.05, 3.63) is 12.7 Å². The van der Waals surface area contributed by atoms with E-state index in [9.17, 15) is 4.79 Å². The first-order chi connectivity index (χ1) is 4.27. The van der Waals surface area contributed by atoms with E-state index in [-0.39, 0.29) is 41.9 Å². The van der Waals surface area contributed by atoms with Crippen LogP contribution in [0.25, 0.3) is 0 Å². The van der Waals surface area contributed by atoms with Crippen LogP contribution in [-0.2, 0) is 4.79 Å². The van der Waals surface area contributed by atoms with E-state index in [0.29, 0.717) is 0 Å². The summed E-state index contributed by atoms with van der Waals surface area (Å²) in [4.78, 5) is 42.5. The number of carbonyl (C=O) groups is 1. The van der Waals surface area contributed by atoms with Crippen molar-refractivity contribution in [3.8, 4) is 0 Å². The molecular weight excluding hydrogens is 189 g/mol. The van der Waals surface area contributed by atoms with Crippen LogP contribution in [0.2, 0.25) is 0 Å². The molecule has 0 aromatic heterocycles. The van der Waals surface area contributed by atoms with Gasteiger partial charge in [0, 0.05) is 0 Å². The van der Waals surface area contributed by atoms with Gasteiger partial charge in [0.25, 0.3) is 0 Å². The molecule has 0 rings (SSSR count). The molecule has 0 atom stereocenters. The minimum absolute atomic E-state index is 0. The van der Waals surface area contributed by atoms with Crippen molar-refractivity contribution in [2.24, 2.45) is 5.73 Å². The van der Waals surface area contributed by atoms with Crippen molar-refractivity contribution in [2.75, 3.05) is 0 Å². The first kappa shape index (κ1) is 22.9. The Morgan fingerprint density at radius 1 is 1.50 bits per heavy atom. The number of rotatable bonds is 1. The molecule has 0 saturated carbocycles. The maximum atomic E-state index is 9.47. The second kappa shape index (κ2) is 11.6. The van der Waals surface area contributed by atoms with Gasteiger partial charge in [0.2, 0.25) is 5.91 Å². The molecule has 0 unspecified atom stereocenters. The maximum Gasteiger partial charge on any atom is 2.00 e. The van der Waals surface area contributed by atoms with Crippen molar-refractivity contribution >= 4 is 38.0 Å². The predicted octanol–water partition coefficient (Wildman–Crippen LogP) is -8.22. The molecule has 3 N–H and O–H groups in total. The fourth-order valence-corrected chi connectivity index (χ4v) is 0. The molecule has 0 aliphatic heterocycles. The molecule has 0 heterocycles. The molecule has 0 aliphatic rings. The zero-order valence-corrected chi connectivity index (χ0v) is 9.06. The van der Waals surface area contributed by atoms with Crippen LogP contribution in [0.3, 0.4) is 0 Å². The van der Waals surface area contributed by atoms with E-state index in [1.165, 1.54) is 0 Å². The molecule has 60 valence electrons. The number of carbonyl (C=O) groups excluding carboxylic acids is 1. The number of hydrogen-bond acceptors (Lipinski definition) is 5. The van der Waals surface area contributed by atoms with Crippen molar-refractivity contribution in [1.82, 2.24) is 0 Å². The van der Waals surface area contributed by atoms with E-state index in [2.05, 4.69) is 12.3 Å². The van der Waals surface area contributed by atoms with Crippen molar-refractivity contribution < 1.29 is 42.8 Å². The Labute approximate surface area is 98.9 Å². The number of hydrogen-bond donors (Lipinski definition) is 2. The Hall–Kier alpha value is 0.631. The van der Waals surface area contributed by atoms with Gasteiger partial charge >= 0.3 is 41.9 Å². The third-order valence-corrected chi connectivity index (χ3v) is 0.201. The minimum Gasteiger partial charge on any atom is -0.861 e. The number of nitrogens with two attached hydrogens (primary N) is 1. The smallest absolute Gasteiger partial charge is 0.861 e. The van der Waals surface area contributed by atoms with E-state index >= 15 is 0 Å². The SMILES string of the molecule is C=CC(N)=O.[Li+].[Mg+2].[O-][Si]([O-])([O-])O. The van der Waals surface area contributed by atoms with Gasteiger partial charge in [-0.2, -0.15) is 0 Å². The summed E-state index contributed by atoms with van der Waals surface area (Å²) in [6, 6.07) is 0. The topological polar surface area (TPSA) is 132 Å². The van der Waals surface area contributed by atoms with E-state index in [1.807, 2.05) is 0 Å². The van der Waals surface area contributed by atoms with E-state index < -0.39 is 15.0 Å². The molecule has 6 nitrogen and oxygen atoms in total. The molecule has 0 aliphatic carbocycles. The molecule has 0 fully saturated rings. The van der Waals surface area contributed by atoms with Gasteiger partial charge in [0.05, 0.1) is 0 Å². The second-order valence-corrected chi connectivity index (χ2v) is 2.18. The fourth-order valence-electron chi connectivity index (χ4n) is 0. The first-order valence-electron chi connectivity index (χ1n) is 2.03. The molecule has 0 aromatic carbocycles. The van der Waals surface area contributed by atoms with Gasteiger partial charge in [-0.1, -0.05) is 6.58 Å². The minimum atomic E-state index is -5.36. The van der Waals surface area contributed by atoms with Crippen LogP contribution >= 0.6 is 0 Å². The van der Waals surface area contributed by atoms with Crippen LogP contribution in [0.4, 0.5) is 0 Å². The Balaban J connectivity index is -0.0000000457. The number of primary amides is 1. The Morgan fingerprint density at radius 3 is 1.58 bits per heavy atom. The van der Waals surface area contributed by atoms with Gasteiger partial charge in [-0.05, 0) is 6.08 Å². The van der Waals surface area contributed by atoms with E-state index in [1.54, 1.807) is 0 Å². The van der Waals surface area contributed by atoms with Gasteiger partial charge in [0.15, 0.2) is 0 Å². The molecule has 0 radical (unpaired) electrons. The molecule has 12 heavy (non-hydrogen) atoms. The molecule has 9 heteroatoms. The second-order valence-electron chi connectivity index (χ2n) is 1.13. The van der Waals surface area contributed by atoms with Gasteiger partial charge in [-0.15, -0.1) is 9.05 Å². The van der Waals surface area contributed by atoms with Crippen LogP contribution < -0.4 is 39.0 Å². The molecule has 1 amide bonds. The molecule has 0 saturated heterocycles. The summed E-state index contributed by atoms with van der Waals surface area (Å²) in [5.41, 5.74) is 4.53. The van der Waals surface area contributed by atoms with Crippen molar-refractivity contribution in [3.63, 3.8) is 0 Å². The average molecular weight is 195 g/mol. The van der Waals surface area contributed by atoms with E-state index in [4.69, 9.17) is 19.2 Å². The standard InChI is InChI=1S/C3H5NO.Li.Mg.HO4Si/c1-2-3(4)5;;;1-5(2,3)4/h2H,1H2,(H2,4,5);;;1H/q;+1;+2;-3. The summed E-state index contributed by atoms with van der Waals surface area (Å²) in [5, 5.41) is 0. The molecule has 0 bridgehead atoms. The van der Waals surface area contributed by atoms with Crippen molar-refractivity contribution in [1.29, 1.82) is 0 Å². The third-order valence-electron chi connectivity index (χ3n) is 0.201. The van der Waals surface area contributed by atoms with Crippen LogP contribution in [0, 0.1) is 0 Å². The van der Waals surface area contributed by atoms with Gasteiger partial charge in [-0.3, -0.25) is 4.79 Å². The van der Waals surface area contributed by atoms with Crippen LogP contribution in [0.15, 0.2) is 12.7 Å². The molecule has 0 spiro atoms. The fraction of sp³-hybridized carbons (Fsp3) is 0. The average Bonchev–Trinajstić information content (AvgIpc) is 1.61. The normalized spacial score (nSPS) is 7.67. The quantitative estimate of drug-likeness (QED) is 0.317. The van der Waals surface area contributed by atoms with E-state index in [0.717, 1.165) is 6.08 Å². The van der Waals surface area contributed by atoms with Crippen molar-refractivity contribution in [2.45, 2.75) is 0 Å². The van der Waals surface area contributed by atoms with Crippen LogP contribution in [0.5, 0.6) is 0 Å². The summed E-state index contributed by atoms with van der Waals surface area (Å²) >= 11 is 0. The van der Waals surface area contributed by atoms with Crippen LogP contribution in [0.1, 0.15) is 0 Å². The maximum absolute atomic E-state index is 9.47. The summed E-state index contributed by atoms with van der Waals surface area (Å²) in [6.45, 7) is 3.09. The summed E-state index contributed by atoms with van der Waals surface area (Å²) in [5.74, 6) is -0.481. The summed E-state index contributed by atoms with van der Waals surface area (Å²) in [7, 11) is -5.36. The van der Waals surface area contributed by atoms with Gasteiger partial charge in [0.1, 0.15) is 0 Å². The number of amides is 1. The zero-order valence-electron chi connectivity index (χ0n) is 6.65. The monoisotopic (exact) mass is 195 g/mol. The zero-order chi connectivity index (χ0) is 8.78. The third kappa shape index (κ3) is 142. The largest absolute Gasteiger partial charge is 2.00 e. The van der Waals surface area contributed by atoms with Crippen LogP contribution in [-0.4, -0.2) is 42.8 Å². The Morgan fingerprint density at radius 2 is 1.58 bits per heavy atom. The molecular formula is C3H6LiMgNO5Si. The predicted molar refractivity (Wildman–Crippen MR) is 33.1 cm³/mol. The summed E-state index contributed by atoms with van der Waals surface area (Å²) in [6.07, 6.45) is 1.06. The Bertz CT molecular complexity index is 122. The van der Waals surface area contributed by atoms with Gasteiger partial charge < -0.3 is 24.9 Å². The Kier molecular flexibility index (Phi) is 22.2. The first-order valence-corrected chi connectivity index (χ1v) is 3.70. The summed E-state index contributed by atoms with van der Waals surface area (Å²) < 4.78 is 0.